The first-order chi connectivity index (χ1) is 7.00. The Balaban J connectivity index is 2.47. The number of carbonyl (C=O) groups is 2. The highest BCUT2D eigenvalue weighted by atomic mass is 16.2. The maximum Gasteiger partial charge on any atom is 0.244 e. The van der Waals surface area contributed by atoms with Crippen molar-refractivity contribution in [2.75, 3.05) is 13.1 Å². The van der Waals surface area contributed by atoms with Crippen molar-refractivity contribution in [1.82, 2.24) is 10.2 Å². The van der Waals surface area contributed by atoms with Crippen LogP contribution in [-0.4, -0.2) is 41.9 Å². The van der Waals surface area contributed by atoms with Crippen LogP contribution in [0, 0.1) is 0 Å². The minimum Gasteiger partial charge on any atom is -0.345 e. The summed E-state index contributed by atoms with van der Waals surface area (Å²) in [7, 11) is 0. The lowest BCUT2D eigenvalue weighted by atomic mass is 10.1. The molecule has 5 nitrogen and oxygen atoms in total. The van der Waals surface area contributed by atoms with Crippen molar-refractivity contribution in [2.24, 2.45) is 5.73 Å². The molecule has 1 heterocycles. The van der Waals surface area contributed by atoms with Crippen LogP contribution >= 0.6 is 0 Å². The topological polar surface area (TPSA) is 75.4 Å². The van der Waals surface area contributed by atoms with Crippen molar-refractivity contribution in [3.8, 4) is 0 Å². The van der Waals surface area contributed by atoms with Gasteiger partial charge < -0.3 is 16.0 Å². The number of piperidine rings is 1. The Kier molecular flexibility index (Phi) is 4.08. The number of hydrogen-bond donors (Lipinski definition) is 2. The number of hydrogen-bond acceptors (Lipinski definition) is 3. The second-order valence-electron chi connectivity index (χ2n) is 4.11. The van der Waals surface area contributed by atoms with Crippen LogP contribution in [0.15, 0.2) is 0 Å². The maximum absolute atomic E-state index is 11.8. The van der Waals surface area contributed by atoms with E-state index in [4.69, 9.17) is 5.73 Å². The molecule has 0 aromatic rings. The van der Waals surface area contributed by atoms with Crippen molar-refractivity contribution in [3.63, 3.8) is 0 Å². The Bertz CT molecular complexity index is 255. The second-order valence-corrected chi connectivity index (χ2v) is 4.11. The summed E-state index contributed by atoms with van der Waals surface area (Å²) >= 11 is 0. The number of rotatable bonds is 2. The van der Waals surface area contributed by atoms with Gasteiger partial charge in [-0.3, -0.25) is 9.59 Å². The molecule has 0 aromatic carbocycles. The average Bonchev–Trinajstić information content (AvgIpc) is 2.15. The predicted molar refractivity (Wildman–Crippen MR) is 57.1 cm³/mol. The Morgan fingerprint density at radius 3 is 2.73 bits per heavy atom. The number of amides is 2. The van der Waals surface area contributed by atoms with Crippen LogP contribution in [0.1, 0.15) is 26.7 Å². The molecule has 3 N–H and O–H groups in total. The summed E-state index contributed by atoms with van der Waals surface area (Å²) in [6.07, 6.45) is 1.91. The highest BCUT2D eigenvalue weighted by molar-refractivity contribution is 5.86. The Morgan fingerprint density at radius 1 is 1.53 bits per heavy atom. The molecule has 0 spiro atoms. The van der Waals surface area contributed by atoms with Crippen molar-refractivity contribution in [1.29, 1.82) is 0 Å². The van der Waals surface area contributed by atoms with Gasteiger partial charge in [-0.2, -0.15) is 0 Å². The monoisotopic (exact) mass is 213 g/mol. The van der Waals surface area contributed by atoms with E-state index in [1.165, 1.54) is 6.92 Å². The number of nitrogens with one attached hydrogen (secondary N) is 1. The molecular weight excluding hydrogens is 194 g/mol. The van der Waals surface area contributed by atoms with Gasteiger partial charge in [-0.1, -0.05) is 0 Å². The van der Waals surface area contributed by atoms with Gasteiger partial charge in [-0.15, -0.1) is 0 Å². The molecule has 0 aliphatic carbocycles. The SMILES string of the molecule is CC(=O)NC(C)C(=O)N1CCC[C@@H](N)C1. The quantitative estimate of drug-likeness (QED) is 0.647. The first-order valence-corrected chi connectivity index (χ1v) is 5.32. The largest absolute Gasteiger partial charge is 0.345 e. The molecule has 2 amide bonds. The number of nitrogens with zero attached hydrogens (tertiary/aromatic N) is 1. The molecule has 2 atom stereocenters. The molecule has 0 saturated carbocycles. The van der Waals surface area contributed by atoms with Crippen LogP contribution in [0.2, 0.25) is 0 Å². The molecule has 15 heavy (non-hydrogen) atoms. The summed E-state index contributed by atoms with van der Waals surface area (Å²) in [6, 6.07) is -0.375. The second kappa shape index (κ2) is 5.11. The van der Waals surface area contributed by atoms with E-state index in [2.05, 4.69) is 5.32 Å². The molecule has 5 heteroatoms. The molecule has 1 rings (SSSR count). The Labute approximate surface area is 90.0 Å². The van der Waals surface area contributed by atoms with Crippen molar-refractivity contribution >= 4 is 11.8 Å². The standard InChI is InChI=1S/C10H19N3O2/c1-7(12-8(2)14)10(15)13-5-3-4-9(11)6-13/h7,9H,3-6,11H2,1-2H3,(H,12,14)/t7?,9-/m1/s1. The van der Waals surface area contributed by atoms with Crippen LogP contribution in [0.25, 0.3) is 0 Å². The van der Waals surface area contributed by atoms with E-state index in [0.717, 1.165) is 19.4 Å². The fourth-order valence-corrected chi connectivity index (χ4v) is 1.85. The van der Waals surface area contributed by atoms with Gasteiger partial charge in [0.25, 0.3) is 0 Å². The van der Waals surface area contributed by atoms with E-state index < -0.39 is 6.04 Å². The number of likely N-dealkylation sites (tertiary alicyclic amines) is 1. The summed E-state index contributed by atoms with van der Waals surface area (Å²) in [6.45, 7) is 4.45. The maximum atomic E-state index is 11.8. The lowest BCUT2D eigenvalue weighted by molar-refractivity contribution is -0.136. The van der Waals surface area contributed by atoms with Gasteiger partial charge in [-0.25, -0.2) is 0 Å². The highest BCUT2D eigenvalue weighted by Gasteiger charge is 2.25. The van der Waals surface area contributed by atoms with E-state index in [9.17, 15) is 9.59 Å². The van der Waals surface area contributed by atoms with Gasteiger partial charge in [0.05, 0.1) is 0 Å². The van der Waals surface area contributed by atoms with Gasteiger partial charge in [-0.05, 0) is 19.8 Å². The molecule has 1 aliphatic heterocycles. The lowest BCUT2D eigenvalue weighted by Crippen LogP contribution is -2.52. The summed E-state index contributed by atoms with van der Waals surface area (Å²) in [5.74, 6) is -0.225. The molecule has 1 fully saturated rings. The first kappa shape index (κ1) is 12.0. The van der Waals surface area contributed by atoms with E-state index in [1.807, 2.05) is 0 Å². The molecular formula is C10H19N3O2. The third-order valence-corrected chi connectivity index (χ3v) is 2.56. The van der Waals surface area contributed by atoms with Gasteiger partial charge >= 0.3 is 0 Å². The Morgan fingerprint density at radius 2 is 2.20 bits per heavy atom. The van der Waals surface area contributed by atoms with Gasteiger partial charge in [0.15, 0.2) is 0 Å². The minimum absolute atomic E-state index is 0.0413. The van der Waals surface area contributed by atoms with Gasteiger partial charge in [0, 0.05) is 26.1 Å². The number of nitrogens with two attached hydrogens (primary N) is 1. The number of carbonyl (C=O) groups excluding carboxylic acids is 2. The van der Waals surface area contributed by atoms with Crippen LogP contribution in [0.4, 0.5) is 0 Å². The molecule has 0 bridgehead atoms. The third-order valence-electron chi connectivity index (χ3n) is 2.56. The van der Waals surface area contributed by atoms with Crippen LogP contribution in [0.3, 0.4) is 0 Å². The van der Waals surface area contributed by atoms with Crippen molar-refractivity contribution in [3.05, 3.63) is 0 Å². The summed E-state index contributed by atoms with van der Waals surface area (Å²) in [5, 5.41) is 2.58. The zero-order valence-electron chi connectivity index (χ0n) is 9.32. The fourth-order valence-electron chi connectivity index (χ4n) is 1.85. The lowest BCUT2D eigenvalue weighted by Gasteiger charge is -2.32. The normalized spacial score (nSPS) is 23.4. The summed E-state index contributed by atoms with van der Waals surface area (Å²) in [5.41, 5.74) is 5.78. The van der Waals surface area contributed by atoms with Crippen LogP contribution in [0.5, 0.6) is 0 Å². The molecule has 0 aromatic heterocycles. The van der Waals surface area contributed by atoms with Gasteiger partial charge in [0.1, 0.15) is 6.04 Å². The third kappa shape index (κ3) is 3.51. The zero-order chi connectivity index (χ0) is 11.4. The van der Waals surface area contributed by atoms with E-state index in [0.29, 0.717) is 6.54 Å². The van der Waals surface area contributed by atoms with Crippen molar-refractivity contribution < 1.29 is 9.59 Å². The molecule has 1 aliphatic rings. The highest BCUT2D eigenvalue weighted by Crippen LogP contribution is 2.09. The molecule has 0 radical (unpaired) electrons. The first-order valence-electron chi connectivity index (χ1n) is 5.32. The fraction of sp³-hybridized carbons (Fsp3) is 0.800. The minimum atomic E-state index is -0.451. The predicted octanol–water partition coefficient (Wildman–Crippen LogP) is -0.539. The van der Waals surface area contributed by atoms with E-state index in [-0.39, 0.29) is 17.9 Å². The van der Waals surface area contributed by atoms with E-state index in [1.54, 1.807) is 11.8 Å². The van der Waals surface area contributed by atoms with Gasteiger partial charge in [0.2, 0.25) is 11.8 Å². The summed E-state index contributed by atoms with van der Waals surface area (Å²) in [4.78, 5) is 24.4. The zero-order valence-corrected chi connectivity index (χ0v) is 9.32. The molecule has 86 valence electrons. The van der Waals surface area contributed by atoms with Crippen LogP contribution in [-0.2, 0) is 9.59 Å². The molecule has 1 saturated heterocycles. The Hall–Kier alpha value is -1.10. The van der Waals surface area contributed by atoms with Crippen LogP contribution < -0.4 is 11.1 Å². The van der Waals surface area contributed by atoms with E-state index >= 15 is 0 Å². The summed E-state index contributed by atoms with van der Waals surface area (Å²) < 4.78 is 0. The van der Waals surface area contributed by atoms with Crippen molar-refractivity contribution in [2.45, 2.75) is 38.8 Å². The average molecular weight is 213 g/mol. The smallest absolute Gasteiger partial charge is 0.244 e. The molecule has 1 unspecified atom stereocenters.